The van der Waals surface area contributed by atoms with Crippen LogP contribution in [0, 0.1) is 5.41 Å². The lowest BCUT2D eigenvalue weighted by Gasteiger charge is -2.39. The van der Waals surface area contributed by atoms with E-state index < -0.39 is 0 Å². The molecule has 2 aliphatic rings. The average molecular weight is 287 g/mol. The fourth-order valence-corrected chi connectivity index (χ4v) is 3.83. The molecule has 0 bridgehead atoms. The number of nitrogens with one attached hydrogen (secondary N) is 1. The van der Waals surface area contributed by atoms with Gasteiger partial charge in [-0.15, -0.1) is 0 Å². The molecule has 1 amide bonds. The molecule has 114 valence electrons. The van der Waals surface area contributed by atoms with Crippen molar-refractivity contribution in [3.8, 4) is 0 Å². The van der Waals surface area contributed by atoms with E-state index >= 15 is 0 Å². The molecule has 0 radical (unpaired) electrons. The lowest BCUT2D eigenvalue weighted by atomic mass is 9.77. The lowest BCUT2D eigenvalue weighted by molar-refractivity contribution is 0.0582. The van der Waals surface area contributed by atoms with Gasteiger partial charge in [-0.3, -0.25) is 9.78 Å². The van der Waals surface area contributed by atoms with E-state index in [-0.39, 0.29) is 5.91 Å². The normalized spacial score (nSPS) is 20.7. The van der Waals surface area contributed by atoms with E-state index in [2.05, 4.69) is 10.3 Å². The Balaban J connectivity index is 1.64. The zero-order valence-corrected chi connectivity index (χ0v) is 12.9. The Morgan fingerprint density at radius 1 is 1.29 bits per heavy atom. The molecule has 1 aromatic heterocycles. The van der Waals surface area contributed by atoms with Crippen LogP contribution >= 0.6 is 0 Å². The maximum Gasteiger partial charge on any atom is 0.272 e. The van der Waals surface area contributed by atoms with E-state index in [1.165, 1.54) is 38.5 Å². The molecule has 21 heavy (non-hydrogen) atoms. The van der Waals surface area contributed by atoms with Gasteiger partial charge in [-0.1, -0.05) is 12.8 Å². The first-order chi connectivity index (χ1) is 10.2. The molecule has 4 heteroatoms. The maximum absolute atomic E-state index is 12.6. The summed E-state index contributed by atoms with van der Waals surface area (Å²) in [5.74, 6) is 0.0857. The second-order valence-corrected chi connectivity index (χ2v) is 6.46. The Hall–Kier alpha value is -1.58. The Bertz CT molecular complexity index is 499. The minimum absolute atomic E-state index is 0.0857. The molecule has 0 atom stereocenters. The van der Waals surface area contributed by atoms with E-state index in [0.717, 1.165) is 25.3 Å². The molecule has 1 aliphatic heterocycles. The van der Waals surface area contributed by atoms with Crippen molar-refractivity contribution in [2.45, 2.75) is 45.4 Å². The fourth-order valence-electron chi connectivity index (χ4n) is 3.83. The highest BCUT2D eigenvalue weighted by Gasteiger charge is 2.38. The van der Waals surface area contributed by atoms with Gasteiger partial charge in [0.2, 0.25) is 0 Å². The third-order valence-electron chi connectivity index (χ3n) is 5.14. The average Bonchev–Trinajstić information content (AvgIpc) is 2.96. The summed E-state index contributed by atoms with van der Waals surface area (Å²) in [7, 11) is 0. The van der Waals surface area contributed by atoms with Gasteiger partial charge in [-0.05, 0) is 50.2 Å². The van der Waals surface area contributed by atoms with E-state index in [0.29, 0.717) is 11.1 Å². The van der Waals surface area contributed by atoms with Gasteiger partial charge in [0.15, 0.2) is 0 Å². The van der Waals surface area contributed by atoms with Crippen LogP contribution in [-0.2, 0) is 0 Å². The van der Waals surface area contributed by atoms with Crippen LogP contribution in [-0.4, -0.2) is 35.4 Å². The van der Waals surface area contributed by atoms with E-state index in [1.54, 1.807) is 6.20 Å². The van der Waals surface area contributed by atoms with Crippen molar-refractivity contribution < 1.29 is 4.79 Å². The van der Waals surface area contributed by atoms with Gasteiger partial charge < -0.3 is 10.2 Å². The molecule has 1 spiro atoms. The number of piperidine rings is 1. The third kappa shape index (κ3) is 3.04. The van der Waals surface area contributed by atoms with Gasteiger partial charge in [-0.2, -0.15) is 0 Å². The van der Waals surface area contributed by atoms with Crippen LogP contribution < -0.4 is 5.32 Å². The van der Waals surface area contributed by atoms with Crippen LogP contribution in [0.25, 0.3) is 0 Å². The monoisotopic (exact) mass is 287 g/mol. The van der Waals surface area contributed by atoms with Crippen LogP contribution in [0.5, 0.6) is 0 Å². The number of carbonyl (C=O) groups excluding carboxylic acids is 1. The summed E-state index contributed by atoms with van der Waals surface area (Å²) in [5.41, 5.74) is 2.09. The van der Waals surface area contributed by atoms with Gasteiger partial charge in [0.1, 0.15) is 5.69 Å². The number of pyridine rings is 1. The van der Waals surface area contributed by atoms with Crippen LogP contribution in [0.2, 0.25) is 0 Å². The number of hydrogen-bond donors (Lipinski definition) is 1. The molecule has 0 aromatic carbocycles. The lowest BCUT2D eigenvalue weighted by Crippen LogP contribution is -2.42. The summed E-state index contributed by atoms with van der Waals surface area (Å²) in [6.45, 7) is 4.69. The van der Waals surface area contributed by atoms with Crippen molar-refractivity contribution in [2.75, 3.05) is 25.0 Å². The Morgan fingerprint density at radius 3 is 2.67 bits per heavy atom. The first-order valence-electron chi connectivity index (χ1n) is 8.22. The maximum atomic E-state index is 12.6. The minimum Gasteiger partial charge on any atom is -0.385 e. The molecule has 2 fully saturated rings. The van der Waals surface area contributed by atoms with Gasteiger partial charge in [-0.25, -0.2) is 0 Å². The van der Waals surface area contributed by atoms with Crippen LogP contribution in [0.1, 0.15) is 55.9 Å². The summed E-state index contributed by atoms with van der Waals surface area (Å²) >= 11 is 0. The zero-order chi connectivity index (χ0) is 14.7. The van der Waals surface area contributed by atoms with E-state index in [4.69, 9.17) is 0 Å². The first kappa shape index (κ1) is 14.4. The highest BCUT2D eigenvalue weighted by Crippen LogP contribution is 2.46. The number of anilines is 1. The number of carbonyl (C=O) groups is 1. The zero-order valence-electron chi connectivity index (χ0n) is 12.9. The molecule has 1 N–H and O–H groups in total. The molecule has 1 aliphatic carbocycles. The topological polar surface area (TPSA) is 45.2 Å². The predicted molar refractivity (Wildman–Crippen MR) is 84.4 cm³/mol. The standard InChI is InChI=1S/C17H25N3O/c1-2-18-14-5-10-19-15(13-14)16(21)20-11-8-17(9-12-20)6-3-4-7-17/h5,10,13H,2-4,6-9,11-12H2,1H3,(H,18,19). The Kier molecular flexibility index (Phi) is 4.13. The molecular formula is C17H25N3O. The van der Waals surface area contributed by atoms with Crippen molar-refractivity contribution in [3.63, 3.8) is 0 Å². The highest BCUT2D eigenvalue weighted by molar-refractivity contribution is 5.93. The quantitative estimate of drug-likeness (QED) is 0.927. The number of rotatable bonds is 3. The summed E-state index contributed by atoms with van der Waals surface area (Å²) in [4.78, 5) is 18.8. The predicted octanol–water partition coefficient (Wildman–Crippen LogP) is 3.31. The largest absolute Gasteiger partial charge is 0.385 e. The molecule has 1 saturated carbocycles. The number of likely N-dealkylation sites (tertiary alicyclic amines) is 1. The van der Waals surface area contributed by atoms with E-state index in [9.17, 15) is 4.79 Å². The molecule has 0 unspecified atom stereocenters. The van der Waals surface area contributed by atoms with Crippen molar-refractivity contribution in [3.05, 3.63) is 24.0 Å². The number of hydrogen-bond acceptors (Lipinski definition) is 3. The van der Waals surface area contributed by atoms with Crippen molar-refractivity contribution >= 4 is 11.6 Å². The summed E-state index contributed by atoms with van der Waals surface area (Å²) in [5, 5.41) is 3.23. The highest BCUT2D eigenvalue weighted by atomic mass is 16.2. The second kappa shape index (κ2) is 6.04. The van der Waals surface area contributed by atoms with Crippen LogP contribution in [0.4, 0.5) is 5.69 Å². The second-order valence-electron chi connectivity index (χ2n) is 6.46. The van der Waals surface area contributed by atoms with Crippen LogP contribution in [0.3, 0.4) is 0 Å². The van der Waals surface area contributed by atoms with E-state index in [1.807, 2.05) is 24.0 Å². The number of amides is 1. The van der Waals surface area contributed by atoms with Gasteiger partial charge in [0.05, 0.1) is 0 Å². The minimum atomic E-state index is 0.0857. The summed E-state index contributed by atoms with van der Waals surface area (Å²) in [6, 6.07) is 3.77. The van der Waals surface area contributed by atoms with Crippen LogP contribution in [0.15, 0.2) is 18.3 Å². The molecule has 3 rings (SSSR count). The molecule has 2 heterocycles. The van der Waals surface area contributed by atoms with Gasteiger partial charge in [0.25, 0.3) is 5.91 Å². The van der Waals surface area contributed by atoms with Crippen molar-refractivity contribution in [2.24, 2.45) is 5.41 Å². The van der Waals surface area contributed by atoms with Crippen molar-refractivity contribution in [1.29, 1.82) is 0 Å². The number of aromatic nitrogens is 1. The summed E-state index contributed by atoms with van der Waals surface area (Å²) in [6.07, 6.45) is 9.54. The van der Waals surface area contributed by atoms with Gasteiger partial charge >= 0.3 is 0 Å². The summed E-state index contributed by atoms with van der Waals surface area (Å²) < 4.78 is 0. The molecule has 1 saturated heterocycles. The Morgan fingerprint density at radius 2 is 2.00 bits per heavy atom. The molecular weight excluding hydrogens is 262 g/mol. The number of nitrogens with zero attached hydrogens (tertiary/aromatic N) is 2. The third-order valence-corrected chi connectivity index (χ3v) is 5.14. The Labute approximate surface area is 126 Å². The SMILES string of the molecule is CCNc1ccnc(C(=O)N2CCC3(CCCC3)CC2)c1. The van der Waals surface area contributed by atoms with Crippen molar-refractivity contribution in [1.82, 2.24) is 9.88 Å². The van der Waals surface area contributed by atoms with Gasteiger partial charge in [0, 0.05) is 31.5 Å². The fraction of sp³-hybridized carbons (Fsp3) is 0.647. The molecule has 4 nitrogen and oxygen atoms in total. The first-order valence-corrected chi connectivity index (χ1v) is 8.22. The smallest absolute Gasteiger partial charge is 0.272 e. The molecule has 1 aromatic rings.